The minimum absolute atomic E-state index is 0.106. The van der Waals surface area contributed by atoms with E-state index in [1.807, 2.05) is 30.3 Å². The largest absolute Gasteiger partial charge is 0.303 e. The van der Waals surface area contributed by atoms with Gasteiger partial charge in [0, 0.05) is 18.8 Å². The lowest BCUT2D eigenvalue weighted by molar-refractivity contribution is -0.122. The molecule has 2 rings (SSSR count). The smallest absolute Gasteiger partial charge is 0.133 e. The van der Waals surface area contributed by atoms with Crippen molar-refractivity contribution in [2.45, 2.75) is 31.6 Å². The number of Topliss-reactive ketones (excluding diaryl/α,β-unsaturated/α-hetero) is 1. The second-order valence-electron chi connectivity index (χ2n) is 4.47. The molecular formula is C14H16O2. The van der Waals surface area contributed by atoms with E-state index < -0.39 is 0 Å². The molecule has 0 aliphatic heterocycles. The molecule has 1 aliphatic rings. The fourth-order valence-electron chi connectivity index (χ4n) is 2.50. The Labute approximate surface area is 95.7 Å². The average Bonchev–Trinajstić information content (AvgIpc) is 2.31. The lowest BCUT2D eigenvalue weighted by atomic mass is 9.77. The maximum atomic E-state index is 11.4. The van der Waals surface area contributed by atoms with E-state index >= 15 is 0 Å². The Balaban J connectivity index is 2.16. The summed E-state index contributed by atoms with van der Waals surface area (Å²) in [4.78, 5) is 22.6. The van der Waals surface area contributed by atoms with Crippen LogP contribution in [0.25, 0.3) is 0 Å². The zero-order chi connectivity index (χ0) is 11.4. The van der Waals surface area contributed by atoms with E-state index in [0.29, 0.717) is 18.6 Å². The van der Waals surface area contributed by atoms with Gasteiger partial charge in [-0.1, -0.05) is 30.3 Å². The van der Waals surface area contributed by atoms with Gasteiger partial charge in [-0.25, -0.2) is 0 Å². The quantitative estimate of drug-likeness (QED) is 0.728. The summed E-state index contributed by atoms with van der Waals surface area (Å²) in [5.74, 6) is 0.408. The zero-order valence-corrected chi connectivity index (χ0v) is 9.26. The fourth-order valence-corrected chi connectivity index (χ4v) is 2.50. The van der Waals surface area contributed by atoms with Crippen LogP contribution in [-0.2, 0) is 9.59 Å². The molecule has 0 spiro atoms. The SMILES string of the molecule is O=C[C@H](c1ccccc1)[C@@H]1CCCC(=O)C1. The van der Waals surface area contributed by atoms with Crippen LogP contribution >= 0.6 is 0 Å². The summed E-state index contributed by atoms with van der Waals surface area (Å²) < 4.78 is 0. The molecule has 0 saturated heterocycles. The number of ketones is 1. The van der Waals surface area contributed by atoms with Crippen LogP contribution in [0.15, 0.2) is 30.3 Å². The number of hydrogen-bond donors (Lipinski definition) is 0. The molecule has 1 fully saturated rings. The van der Waals surface area contributed by atoms with Crippen molar-refractivity contribution in [2.24, 2.45) is 5.92 Å². The second kappa shape index (κ2) is 5.06. The number of carbonyl (C=O) groups is 2. The first kappa shape index (κ1) is 11.1. The summed E-state index contributed by atoms with van der Waals surface area (Å²) in [5, 5.41) is 0. The highest BCUT2D eigenvalue weighted by atomic mass is 16.1. The predicted octanol–water partition coefficient (Wildman–Crippen LogP) is 2.73. The molecule has 0 bridgehead atoms. The lowest BCUT2D eigenvalue weighted by Gasteiger charge is -2.26. The molecule has 1 aromatic rings. The van der Waals surface area contributed by atoms with Crippen LogP contribution < -0.4 is 0 Å². The first-order valence-corrected chi connectivity index (χ1v) is 5.83. The van der Waals surface area contributed by atoms with Crippen molar-refractivity contribution in [1.29, 1.82) is 0 Å². The van der Waals surface area contributed by atoms with Crippen LogP contribution in [0.2, 0.25) is 0 Å². The molecule has 0 heterocycles. The molecule has 16 heavy (non-hydrogen) atoms. The van der Waals surface area contributed by atoms with E-state index in [1.54, 1.807) is 0 Å². The minimum Gasteiger partial charge on any atom is -0.303 e. The van der Waals surface area contributed by atoms with Gasteiger partial charge in [-0.3, -0.25) is 4.79 Å². The molecule has 2 atom stereocenters. The predicted molar refractivity (Wildman–Crippen MR) is 62.2 cm³/mol. The Morgan fingerprint density at radius 3 is 2.62 bits per heavy atom. The van der Waals surface area contributed by atoms with Crippen molar-refractivity contribution in [3.8, 4) is 0 Å². The van der Waals surface area contributed by atoms with Gasteiger partial charge >= 0.3 is 0 Å². The fraction of sp³-hybridized carbons (Fsp3) is 0.429. The molecule has 0 aromatic heterocycles. The van der Waals surface area contributed by atoms with Crippen molar-refractivity contribution in [1.82, 2.24) is 0 Å². The van der Waals surface area contributed by atoms with Crippen LogP contribution in [0.3, 0.4) is 0 Å². The summed E-state index contributed by atoms with van der Waals surface area (Å²) in [6, 6.07) is 9.76. The Morgan fingerprint density at radius 2 is 2.00 bits per heavy atom. The summed E-state index contributed by atoms with van der Waals surface area (Å²) in [6.07, 6.45) is 4.18. The van der Waals surface area contributed by atoms with E-state index in [9.17, 15) is 9.59 Å². The van der Waals surface area contributed by atoms with Crippen LogP contribution in [0.4, 0.5) is 0 Å². The van der Waals surface area contributed by atoms with Crippen LogP contribution in [0.5, 0.6) is 0 Å². The van der Waals surface area contributed by atoms with E-state index in [2.05, 4.69) is 0 Å². The van der Waals surface area contributed by atoms with Crippen molar-refractivity contribution < 1.29 is 9.59 Å². The molecule has 0 radical (unpaired) electrons. The van der Waals surface area contributed by atoms with Gasteiger partial charge in [0.25, 0.3) is 0 Å². The third-order valence-electron chi connectivity index (χ3n) is 3.36. The maximum absolute atomic E-state index is 11.4. The summed E-state index contributed by atoms with van der Waals surface area (Å²) in [6.45, 7) is 0. The first-order valence-electron chi connectivity index (χ1n) is 5.83. The highest BCUT2D eigenvalue weighted by Crippen LogP contribution is 2.33. The van der Waals surface area contributed by atoms with E-state index in [1.165, 1.54) is 0 Å². The van der Waals surface area contributed by atoms with Crippen LogP contribution in [-0.4, -0.2) is 12.1 Å². The number of rotatable bonds is 3. The van der Waals surface area contributed by atoms with E-state index in [0.717, 1.165) is 24.7 Å². The third-order valence-corrected chi connectivity index (χ3v) is 3.36. The van der Waals surface area contributed by atoms with Crippen molar-refractivity contribution in [2.75, 3.05) is 0 Å². The minimum atomic E-state index is -0.106. The highest BCUT2D eigenvalue weighted by molar-refractivity contribution is 5.80. The number of carbonyl (C=O) groups excluding carboxylic acids is 2. The average molecular weight is 216 g/mol. The molecule has 1 aliphatic carbocycles. The molecule has 0 N–H and O–H groups in total. The summed E-state index contributed by atoms with van der Waals surface area (Å²) >= 11 is 0. The summed E-state index contributed by atoms with van der Waals surface area (Å²) in [7, 11) is 0. The molecular weight excluding hydrogens is 200 g/mol. The first-order chi connectivity index (χ1) is 7.81. The van der Waals surface area contributed by atoms with E-state index in [4.69, 9.17) is 0 Å². The van der Waals surface area contributed by atoms with Gasteiger partial charge in [-0.15, -0.1) is 0 Å². The van der Waals surface area contributed by atoms with Crippen molar-refractivity contribution >= 4 is 12.1 Å². The van der Waals surface area contributed by atoms with Gasteiger partial charge in [0.15, 0.2) is 0 Å². The highest BCUT2D eigenvalue weighted by Gasteiger charge is 2.27. The van der Waals surface area contributed by atoms with Crippen LogP contribution in [0.1, 0.15) is 37.2 Å². The van der Waals surface area contributed by atoms with E-state index in [-0.39, 0.29) is 11.8 Å². The van der Waals surface area contributed by atoms with Gasteiger partial charge in [0.05, 0.1) is 0 Å². The summed E-state index contributed by atoms with van der Waals surface area (Å²) in [5.41, 5.74) is 1.04. The molecule has 0 amide bonds. The van der Waals surface area contributed by atoms with Gasteiger partial charge in [0.2, 0.25) is 0 Å². The van der Waals surface area contributed by atoms with Gasteiger partial charge in [-0.2, -0.15) is 0 Å². The molecule has 1 aromatic carbocycles. The Bertz CT molecular complexity index is 370. The molecule has 0 unspecified atom stereocenters. The topological polar surface area (TPSA) is 34.1 Å². The maximum Gasteiger partial charge on any atom is 0.133 e. The zero-order valence-electron chi connectivity index (χ0n) is 9.26. The third kappa shape index (κ3) is 2.38. The van der Waals surface area contributed by atoms with Gasteiger partial charge in [-0.05, 0) is 24.3 Å². The van der Waals surface area contributed by atoms with Crippen molar-refractivity contribution in [3.05, 3.63) is 35.9 Å². The number of aldehydes is 1. The number of benzene rings is 1. The molecule has 2 heteroatoms. The van der Waals surface area contributed by atoms with Gasteiger partial charge in [0.1, 0.15) is 12.1 Å². The molecule has 1 saturated carbocycles. The van der Waals surface area contributed by atoms with Gasteiger partial charge < -0.3 is 4.79 Å². The number of hydrogen-bond acceptors (Lipinski definition) is 2. The normalized spacial score (nSPS) is 22.8. The Morgan fingerprint density at radius 1 is 1.25 bits per heavy atom. The lowest BCUT2D eigenvalue weighted by Crippen LogP contribution is -2.22. The standard InChI is InChI=1S/C14H16O2/c15-10-14(11-5-2-1-3-6-11)12-7-4-8-13(16)9-12/h1-3,5-6,10,12,14H,4,7-9H2/t12-,14-/m1/s1. The van der Waals surface area contributed by atoms with Crippen molar-refractivity contribution in [3.63, 3.8) is 0 Å². The Hall–Kier alpha value is -1.44. The molecule has 84 valence electrons. The second-order valence-corrected chi connectivity index (χ2v) is 4.47. The Kier molecular flexibility index (Phi) is 3.50. The molecule has 2 nitrogen and oxygen atoms in total. The van der Waals surface area contributed by atoms with Crippen LogP contribution in [0, 0.1) is 5.92 Å². The monoisotopic (exact) mass is 216 g/mol.